The predicted molar refractivity (Wildman–Crippen MR) is 69.3 cm³/mol. The second kappa shape index (κ2) is 4.66. The van der Waals surface area contributed by atoms with Crippen LogP contribution in [0.4, 0.5) is 0 Å². The highest BCUT2D eigenvalue weighted by molar-refractivity contribution is 5.77. The fourth-order valence-electron chi connectivity index (χ4n) is 2.43. The zero-order chi connectivity index (χ0) is 12.5. The first kappa shape index (κ1) is 11.6. The Bertz CT molecular complexity index is 537. The molecule has 1 saturated heterocycles. The third-order valence-corrected chi connectivity index (χ3v) is 3.51. The van der Waals surface area contributed by atoms with Crippen molar-refractivity contribution in [3.63, 3.8) is 0 Å². The maximum Gasteiger partial charge on any atom is 0.181 e. The van der Waals surface area contributed by atoms with E-state index in [4.69, 9.17) is 4.74 Å². The van der Waals surface area contributed by atoms with Gasteiger partial charge in [-0.25, -0.2) is 4.98 Å². The van der Waals surface area contributed by atoms with Crippen LogP contribution in [0.5, 0.6) is 0 Å². The number of morpholine rings is 1. The number of hydrogen-bond acceptors (Lipinski definition) is 4. The van der Waals surface area contributed by atoms with Gasteiger partial charge in [0.2, 0.25) is 0 Å². The molecule has 0 saturated carbocycles. The highest BCUT2D eigenvalue weighted by Gasteiger charge is 2.26. The number of ether oxygens (including phenoxy) is 1. The SMILES string of the molecule is CC(C)N1CCO[C@H](c2[nH]nc3ncccc23)C1. The minimum absolute atomic E-state index is 0.0651. The second-order valence-electron chi connectivity index (χ2n) is 4.96. The summed E-state index contributed by atoms with van der Waals surface area (Å²) in [6, 6.07) is 4.52. The van der Waals surface area contributed by atoms with E-state index in [-0.39, 0.29) is 6.10 Å². The van der Waals surface area contributed by atoms with Crippen molar-refractivity contribution < 1.29 is 4.74 Å². The number of pyridine rings is 1. The highest BCUT2D eigenvalue weighted by Crippen LogP contribution is 2.26. The minimum Gasteiger partial charge on any atom is -0.369 e. The molecule has 3 rings (SSSR count). The molecular formula is C13H18N4O. The number of rotatable bonds is 2. The Hall–Kier alpha value is -1.46. The largest absolute Gasteiger partial charge is 0.369 e. The van der Waals surface area contributed by atoms with E-state index in [0.29, 0.717) is 6.04 Å². The number of aromatic nitrogens is 3. The molecule has 1 atom stereocenters. The first-order valence-electron chi connectivity index (χ1n) is 6.40. The third-order valence-electron chi connectivity index (χ3n) is 3.51. The van der Waals surface area contributed by atoms with E-state index in [1.165, 1.54) is 0 Å². The molecule has 1 N–H and O–H groups in total. The lowest BCUT2D eigenvalue weighted by Crippen LogP contribution is -2.42. The third kappa shape index (κ3) is 2.00. The van der Waals surface area contributed by atoms with Crippen LogP contribution in [-0.4, -0.2) is 45.8 Å². The van der Waals surface area contributed by atoms with Gasteiger partial charge >= 0.3 is 0 Å². The summed E-state index contributed by atoms with van der Waals surface area (Å²) >= 11 is 0. The summed E-state index contributed by atoms with van der Waals surface area (Å²) in [4.78, 5) is 6.67. The maximum atomic E-state index is 5.87. The van der Waals surface area contributed by atoms with E-state index in [1.807, 2.05) is 12.1 Å². The molecule has 0 aliphatic carbocycles. The zero-order valence-corrected chi connectivity index (χ0v) is 10.8. The van der Waals surface area contributed by atoms with Crippen LogP contribution in [0.15, 0.2) is 18.3 Å². The van der Waals surface area contributed by atoms with Gasteiger partial charge in [-0.1, -0.05) is 0 Å². The smallest absolute Gasteiger partial charge is 0.181 e. The Balaban J connectivity index is 1.90. The van der Waals surface area contributed by atoms with Crippen LogP contribution in [0.1, 0.15) is 25.6 Å². The van der Waals surface area contributed by atoms with Crippen molar-refractivity contribution in [3.8, 4) is 0 Å². The summed E-state index contributed by atoms with van der Waals surface area (Å²) in [6.07, 6.45) is 1.82. The molecule has 5 nitrogen and oxygen atoms in total. The van der Waals surface area contributed by atoms with Gasteiger partial charge in [-0.15, -0.1) is 0 Å². The van der Waals surface area contributed by atoms with Crippen molar-refractivity contribution >= 4 is 11.0 Å². The lowest BCUT2D eigenvalue weighted by molar-refractivity contribution is -0.0415. The molecule has 1 fully saturated rings. The standard InChI is InChI=1S/C13H18N4O/c1-9(2)17-6-7-18-11(8-17)12-10-4-3-5-14-13(10)16-15-12/h3-5,9,11H,6-8H2,1-2H3,(H,14,15,16)/t11-/m0/s1. The quantitative estimate of drug-likeness (QED) is 0.877. The number of nitrogens with one attached hydrogen (secondary N) is 1. The average Bonchev–Trinajstić information content (AvgIpc) is 2.82. The zero-order valence-electron chi connectivity index (χ0n) is 10.8. The van der Waals surface area contributed by atoms with Gasteiger partial charge < -0.3 is 4.74 Å². The Morgan fingerprint density at radius 3 is 3.22 bits per heavy atom. The molecule has 5 heteroatoms. The molecule has 1 aliphatic rings. The monoisotopic (exact) mass is 246 g/mol. The lowest BCUT2D eigenvalue weighted by atomic mass is 10.1. The van der Waals surface area contributed by atoms with Crippen molar-refractivity contribution in [2.45, 2.75) is 26.0 Å². The molecule has 0 bridgehead atoms. The number of H-pyrrole nitrogens is 1. The molecule has 0 radical (unpaired) electrons. The fourth-order valence-corrected chi connectivity index (χ4v) is 2.43. The highest BCUT2D eigenvalue weighted by atomic mass is 16.5. The lowest BCUT2D eigenvalue weighted by Gasteiger charge is -2.35. The normalized spacial score (nSPS) is 21.8. The number of aromatic amines is 1. The molecule has 0 amide bonds. The summed E-state index contributed by atoms with van der Waals surface area (Å²) in [5, 5.41) is 8.37. The van der Waals surface area contributed by atoms with E-state index in [0.717, 1.165) is 36.4 Å². The minimum atomic E-state index is 0.0651. The van der Waals surface area contributed by atoms with Gasteiger partial charge in [0.1, 0.15) is 6.10 Å². The van der Waals surface area contributed by atoms with Gasteiger partial charge in [0.05, 0.1) is 12.3 Å². The van der Waals surface area contributed by atoms with Gasteiger partial charge in [-0.3, -0.25) is 10.00 Å². The molecule has 1 aliphatic heterocycles. The molecule has 18 heavy (non-hydrogen) atoms. The van der Waals surface area contributed by atoms with Crippen LogP contribution in [-0.2, 0) is 4.74 Å². The number of nitrogens with zero attached hydrogens (tertiary/aromatic N) is 3. The molecule has 0 unspecified atom stereocenters. The topological polar surface area (TPSA) is 54.0 Å². The number of fused-ring (bicyclic) bond motifs is 1. The van der Waals surface area contributed by atoms with Gasteiger partial charge in [0.25, 0.3) is 0 Å². The molecule has 0 aromatic carbocycles. The van der Waals surface area contributed by atoms with Crippen molar-refractivity contribution in [2.75, 3.05) is 19.7 Å². The molecular weight excluding hydrogens is 228 g/mol. The van der Waals surface area contributed by atoms with E-state index in [2.05, 4.69) is 33.9 Å². The average molecular weight is 246 g/mol. The summed E-state index contributed by atoms with van der Waals surface area (Å²) in [6.45, 7) is 7.11. The van der Waals surface area contributed by atoms with Gasteiger partial charge in [0, 0.05) is 30.7 Å². The van der Waals surface area contributed by atoms with E-state index in [9.17, 15) is 0 Å². The number of hydrogen-bond donors (Lipinski definition) is 1. The second-order valence-corrected chi connectivity index (χ2v) is 4.96. The van der Waals surface area contributed by atoms with Crippen molar-refractivity contribution in [3.05, 3.63) is 24.0 Å². The summed E-state index contributed by atoms with van der Waals surface area (Å²) in [7, 11) is 0. The van der Waals surface area contributed by atoms with E-state index < -0.39 is 0 Å². The van der Waals surface area contributed by atoms with Gasteiger partial charge in [0.15, 0.2) is 5.65 Å². The Morgan fingerprint density at radius 1 is 1.50 bits per heavy atom. The molecule has 3 heterocycles. The fraction of sp³-hybridized carbons (Fsp3) is 0.538. The Morgan fingerprint density at radius 2 is 2.39 bits per heavy atom. The molecule has 0 spiro atoms. The molecule has 2 aromatic rings. The van der Waals surface area contributed by atoms with Crippen LogP contribution < -0.4 is 0 Å². The van der Waals surface area contributed by atoms with Crippen molar-refractivity contribution in [1.82, 2.24) is 20.1 Å². The first-order valence-corrected chi connectivity index (χ1v) is 6.40. The Kier molecular flexibility index (Phi) is 3.01. The van der Waals surface area contributed by atoms with Gasteiger partial charge in [-0.05, 0) is 26.0 Å². The van der Waals surface area contributed by atoms with E-state index in [1.54, 1.807) is 6.20 Å². The van der Waals surface area contributed by atoms with Crippen LogP contribution >= 0.6 is 0 Å². The van der Waals surface area contributed by atoms with Crippen molar-refractivity contribution in [2.24, 2.45) is 0 Å². The Labute approximate surface area is 106 Å². The van der Waals surface area contributed by atoms with Crippen LogP contribution in [0.2, 0.25) is 0 Å². The van der Waals surface area contributed by atoms with Gasteiger partial charge in [-0.2, -0.15) is 5.10 Å². The van der Waals surface area contributed by atoms with Crippen molar-refractivity contribution in [1.29, 1.82) is 0 Å². The van der Waals surface area contributed by atoms with Crippen LogP contribution in [0, 0.1) is 0 Å². The predicted octanol–water partition coefficient (Wildman–Crippen LogP) is 1.74. The van der Waals surface area contributed by atoms with Crippen LogP contribution in [0.3, 0.4) is 0 Å². The van der Waals surface area contributed by atoms with E-state index >= 15 is 0 Å². The summed E-state index contributed by atoms with van der Waals surface area (Å²) < 4.78 is 5.87. The summed E-state index contributed by atoms with van der Waals surface area (Å²) in [5.74, 6) is 0. The maximum absolute atomic E-state index is 5.87. The summed E-state index contributed by atoms with van der Waals surface area (Å²) in [5.41, 5.74) is 1.81. The molecule has 96 valence electrons. The van der Waals surface area contributed by atoms with Crippen LogP contribution in [0.25, 0.3) is 11.0 Å². The first-order chi connectivity index (χ1) is 8.75. The molecule has 2 aromatic heterocycles.